The monoisotopic (exact) mass is 213 g/mol. The minimum absolute atomic E-state index is 0.524. The number of thioether (sulfide) groups is 1. The third-order valence-corrected chi connectivity index (χ3v) is 5.05. The van der Waals surface area contributed by atoms with E-state index in [0.29, 0.717) is 6.04 Å². The highest BCUT2D eigenvalue weighted by atomic mass is 32.2. The second kappa shape index (κ2) is 5.41. The molecule has 1 aliphatic carbocycles. The molecular formula is C12H23NS. The van der Waals surface area contributed by atoms with Crippen molar-refractivity contribution in [3.63, 3.8) is 0 Å². The fraction of sp³-hybridized carbons (Fsp3) is 1.00. The lowest BCUT2D eigenvalue weighted by Crippen LogP contribution is -2.40. The minimum Gasteiger partial charge on any atom is -0.327 e. The van der Waals surface area contributed by atoms with Gasteiger partial charge in [0.1, 0.15) is 0 Å². The summed E-state index contributed by atoms with van der Waals surface area (Å²) in [6.45, 7) is 0. The predicted molar refractivity (Wildman–Crippen MR) is 64.6 cm³/mol. The summed E-state index contributed by atoms with van der Waals surface area (Å²) in [4.78, 5) is 0. The van der Waals surface area contributed by atoms with Crippen molar-refractivity contribution in [2.75, 3.05) is 11.5 Å². The molecule has 1 saturated carbocycles. The van der Waals surface area contributed by atoms with E-state index < -0.39 is 0 Å². The minimum atomic E-state index is 0.524. The van der Waals surface area contributed by atoms with E-state index in [2.05, 4.69) is 11.8 Å². The van der Waals surface area contributed by atoms with Gasteiger partial charge in [-0.2, -0.15) is 11.8 Å². The van der Waals surface area contributed by atoms with Crippen molar-refractivity contribution in [1.29, 1.82) is 0 Å². The Morgan fingerprint density at radius 2 is 1.43 bits per heavy atom. The summed E-state index contributed by atoms with van der Waals surface area (Å²) in [5.74, 6) is 4.41. The van der Waals surface area contributed by atoms with Gasteiger partial charge in [-0.3, -0.25) is 0 Å². The first-order valence-corrected chi connectivity index (χ1v) is 7.37. The molecule has 2 heteroatoms. The summed E-state index contributed by atoms with van der Waals surface area (Å²) in [6.07, 6.45) is 9.88. The molecule has 0 aromatic carbocycles. The van der Waals surface area contributed by atoms with Gasteiger partial charge in [0.05, 0.1) is 0 Å². The lowest BCUT2D eigenvalue weighted by atomic mass is 9.77. The SMILES string of the molecule is NC(C1CCCCC1)C1CCSCC1. The van der Waals surface area contributed by atoms with Gasteiger partial charge in [0.2, 0.25) is 0 Å². The largest absolute Gasteiger partial charge is 0.327 e. The average Bonchev–Trinajstić information content (AvgIpc) is 2.30. The molecule has 0 aromatic rings. The van der Waals surface area contributed by atoms with E-state index in [-0.39, 0.29) is 0 Å². The van der Waals surface area contributed by atoms with Crippen molar-refractivity contribution in [1.82, 2.24) is 0 Å². The molecule has 1 aliphatic heterocycles. The van der Waals surface area contributed by atoms with E-state index in [0.717, 1.165) is 11.8 Å². The van der Waals surface area contributed by atoms with Crippen LogP contribution in [0, 0.1) is 11.8 Å². The highest BCUT2D eigenvalue weighted by Crippen LogP contribution is 2.33. The molecular weight excluding hydrogens is 190 g/mol. The molecule has 1 heterocycles. The summed E-state index contributed by atoms with van der Waals surface area (Å²) in [5, 5.41) is 0. The van der Waals surface area contributed by atoms with Crippen molar-refractivity contribution < 1.29 is 0 Å². The van der Waals surface area contributed by atoms with E-state index in [4.69, 9.17) is 5.73 Å². The Balaban J connectivity index is 1.82. The zero-order valence-electron chi connectivity index (χ0n) is 9.08. The zero-order valence-corrected chi connectivity index (χ0v) is 9.90. The van der Waals surface area contributed by atoms with Crippen LogP contribution in [0.4, 0.5) is 0 Å². The molecule has 1 unspecified atom stereocenters. The van der Waals surface area contributed by atoms with Gasteiger partial charge >= 0.3 is 0 Å². The summed E-state index contributed by atoms with van der Waals surface area (Å²) in [7, 11) is 0. The number of rotatable bonds is 2. The van der Waals surface area contributed by atoms with Crippen LogP contribution in [0.1, 0.15) is 44.9 Å². The van der Waals surface area contributed by atoms with Crippen LogP contribution in [0.25, 0.3) is 0 Å². The summed E-state index contributed by atoms with van der Waals surface area (Å²) in [6, 6.07) is 0.524. The Morgan fingerprint density at radius 3 is 2.07 bits per heavy atom. The molecule has 2 N–H and O–H groups in total. The molecule has 1 nitrogen and oxygen atoms in total. The summed E-state index contributed by atoms with van der Waals surface area (Å²) < 4.78 is 0. The maximum absolute atomic E-state index is 6.41. The quantitative estimate of drug-likeness (QED) is 0.763. The topological polar surface area (TPSA) is 26.0 Å². The molecule has 2 rings (SSSR count). The Morgan fingerprint density at radius 1 is 0.857 bits per heavy atom. The standard InChI is InChI=1S/C12H23NS/c13-12(10-4-2-1-3-5-10)11-6-8-14-9-7-11/h10-12H,1-9,13H2. The van der Waals surface area contributed by atoms with Crippen molar-refractivity contribution in [2.24, 2.45) is 17.6 Å². The van der Waals surface area contributed by atoms with Crippen LogP contribution >= 0.6 is 11.8 Å². The molecule has 1 saturated heterocycles. The Bertz CT molecular complexity index is 142. The molecule has 1 atom stereocenters. The van der Waals surface area contributed by atoms with E-state index in [9.17, 15) is 0 Å². The lowest BCUT2D eigenvalue weighted by molar-refractivity contribution is 0.234. The first kappa shape index (κ1) is 10.8. The smallest absolute Gasteiger partial charge is 0.00962 e. The van der Waals surface area contributed by atoms with Crippen LogP contribution in [-0.2, 0) is 0 Å². The first-order valence-electron chi connectivity index (χ1n) is 6.21. The van der Waals surface area contributed by atoms with Crippen molar-refractivity contribution in [3.05, 3.63) is 0 Å². The Hall–Kier alpha value is 0.310. The first-order chi connectivity index (χ1) is 6.88. The highest BCUT2D eigenvalue weighted by Gasteiger charge is 2.28. The fourth-order valence-electron chi connectivity index (χ4n) is 3.00. The molecule has 14 heavy (non-hydrogen) atoms. The molecule has 2 aliphatic rings. The molecule has 0 amide bonds. The molecule has 2 fully saturated rings. The van der Waals surface area contributed by atoms with Crippen LogP contribution in [0.3, 0.4) is 0 Å². The average molecular weight is 213 g/mol. The normalized spacial score (nSPS) is 28.9. The van der Waals surface area contributed by atoms with E-state index in [1.807, 2.05) is 0 Å². The zero-order chi connectivity index (χ0) is 9.80. The van der Waals surface area contributed by atoms with Gasteiger partial charge in [0, 0.05) is 6.04 Å². The maximum Gasteiger partial charge on any atom is 0.00962 e. The van der Waals surface area contributed by atoms with Crippen LogP contribution in [-0.4, -0.2) is 17.5 Å². The van der Waals surface area contributed by atoms with Gasteiger partial charge in [-0.05, 0) is 49.0 Å². The number of nitrogens with two attached hydrogens (primary N) is 1. The molecule has 0 aromatic heterocycles. The van der Waals surface area contributed by atoms with Gasteiger partial charge in [-0.1, -0.05) is 19.3 Å². The second-order valence-corrected chi connectivity index (χ2v) is 6.15. The van der Waals surface area contributed by atoms with Crippen molar-refractivity contribution in [2.45, 2.75) is 51.0 Å². The summed E-state index contributed by atoms with van der Waals surface area (Å²) in [5.41, 5.74) is 6.41. The summed E-state index contributed by atoms with van der Waals surface area (Å²) >= 11 is 2.11. The highest BCUT2D eigenvalue weighted by molar-refractivity contribution is 7.99. The third kappa shape index (κ3) is 2.66. The van der Waals surface area contributed by atoms with E-state index in [1.165, 1.54) is 56.5 Å². The van der Waals surface area contributed by atoms with Gasteiger partial charge in [0.25, 0.3) is 0 Å². The van der Waals surface area contributed by atoms with Crippen LogP contribution in [0.2, 0.25) is 0 Å². The van der Waals surface area contributed by atoms with E-state index >= 15 is 0 Å². The van der Waals surface area contributed by atoms with Crippen LogP contribution in [0.5, 0.6) is 0 Å². The lowest BCUT2D eigenvalue weighted by Gasteiger charge is -2.35. The maximum atomic E-state index is 6.41. The fourth-order valence-corrected chi connectivity index (χ4v) is 4.15. The number of hydrogen-bond donors (Lipinski definition) is 1. The predicted octanol–water partition coefficient (Wildman–Crippen LogP) is 3.04. The van der Waals surface area contributed by atoms with Gasteiger partial charge in [-0.25, -0.2) is 0 Å². The van der Waals surface area contributed by atoms with Crippen molar-refractivity contribution in [3.8, 4) is 0 Å². The Kier molecular flexibility index (Phi) is 4.18. The van der Waals surface area contributed by atoms with Gasteiger partial charge in [0.15, 0.2) is 0 Å². The third-order valence-electron chi connectivity index (χ3n) is 4.00. The Labute approximate surface area is 92.2 Å². The molecule has 82 valence electrons. The number of hydrogen-bond acceptors (Lipinski definition) is 2. The van der Waals surface area contributed by atoms with Gasteiger partial charge in [-0.15, -0.1) is 0 Å². The van der Waals surface area contributed by atoms with Gasteiger partial charge < -0.3 is 5.73 Å². The van der Waals surface area contributed by atoms with Crippen LogP contribution in [0.15, 0.2) is 0 Å². The molecule has 0 radical (unpaired) electrons. The van der Waals surface area contributed by atoms with E-state index in [1.54, 1.807) is 0 Å². The van der Waals surface area contributed by atoms with Crippen LogP contribution < -0.4 is 5.73 Å². The molecule has 0 bridgehead atoms. The molecule has 0 spiro atoms. The van der Waals surface area contributed by atoms with Crippen molar-refractivity contribution >= 4 is 11.8 Å². The second-order valence-electron chi connectivity index (χ2n) is 4.93.